The van der Waals surface area contributed by atoms with Crippen molar-refractivity contribution in [1.29, 1.82) is 0 Å². The van der Waals surface area contributed by atoms with Crippen LogP contribution in [0.1, 0.15) is 16.1 Å². The summed E-state index contributed by atoms with van der Waals surface area (Å²) in [7, 11) is 1.59. The number of fused-ring (bicyclic) bond motifs is 3. The molecule has 6 aromatic rings. The number of furan rings is 1. The highest BCUT2D eigenvalue weighted by Crippen LogP contribution is 2.37. The van der Waals surface area contributed by atoms with Crippen molar-refractivity contribution in [3.05, 3.63) is 108 Å². The fraction of sp³-hybridized carbons (Fsp3) is 0.0667. The molecule has 1 amide bonds. The molecule has 6 nitrogen and oxygen atoms in total. The first kappa shape index (κ1) is 21.7. The Kier molecular flexibility index (Phi) is 5.26. The highest BCUT2D eigenvalue weighted by molar-refractivity contribution is 6.12. The highest BCUT2D eigenvalue weighted by Gasteiger charge is 2.24. The van der Waals surface area contributed by atoms with E-state index < -0.39 is 0 Å². The van der Waals surface area contributed by atoms with E-state index in [9.17, 15) is 4.79 Å². The molecule has 0 saturated heterocycles. The van der Waals surface area contributed by atoms with Crippen LogP contribution in [0.4, 0.5) is 5.69 Å². The van der Waals surface area contributed by atoms with Crippen LogP contribution in [0.5, 0.6) is 5.75 Å². The van der Waals surface area contributed by atoms with Gasteiger partial charge in [-0.2, -0.15) is 5.10 Å². The molecule has 0 aliphatic rings. The average Bonchev–Trinajstić information content (AvgIpc) is 3.46. The lowest BCUT2D eigenvalue weighted by molar-refractivity contribution is 0.102. The van der Waals surface area contributed by atoms with E-state index in [4.69, 9.17) is 14.3 Å². The molecule has 6 heteroatoms. The lowest BCUT2D eigenvalue weighted by Gasteiger charge is -2.11. The first-order valence-corrected chi connectivity index (χ1v) is 11.6. The third kappa shape index (κ3) is 3.60. The number of carbonyl (C=O) groups excluding carboxylic acids is 1. The second-order valence-corrected chi connectivity index (χ2v) is 8.52. The summed E-state index contributed by atoms with van der Waals surface area (Å²) in [5.41, 5.74) is 5.57. The zero-order valence-corrected chi connectivity index (χ0v) is 19.9. The molecule has 0 spiro atoms. The summed E-state index contributed by atoms with van der Waals surface area (Å²) in [5.74, 6) is 0.277. The fourth-order valence-corrected chi connectivity index (χ4v) is 4.60. The number of hydrogen-bond acceptors (Lipinski definition) is 4. The van der Waals surface area contributed by atoms with E-state index in [1.807, 2.05) is 104 Å². The quantitative estimate of drug-likeness (QED) is 0.292. The van der Waals surface area contributed by atoms with Crippen molar-refractivity contribution < 1.29 is 13.9 Å². The number of para-hydroxylation sites is 2. The van der Waals surface area contributed by atoms with Gasteiger partial charge in [-0.05, 0) is 31.2 Å². The molecule has 2 heterocycles. The maximum Gasteiger partial charge on any atom is 0.259 e. The lowest BCUT2D eigenvalue weighted by atomic mass is 10.1. The number of benzene rings is 4. The second kappa shape index (κ2) is 8.74. The molecule has 0 radical (unpaired) electrons. The SMILES string of the molecule is COc1cc2c(cc1NC(=O)c1c(-c3ccccc3)nn(-c3ccccc3)c1C)oc1ccccc12. The second-order valence-electron chi connectivity index (χ2n) is 8.52. The van der Waals surface area contributed by atoms with E-state index in [2.05, 4.69) is 5.32 Å². The predicted molar refractivity (Wildman–Crippen MR) is 142 cm³/mol. The standard InChI is InChI=1S/C30H23N3O3/c1-19-28(29(20-11-5-3-6-12-20)32-33(19)21-13-7-4-8-14-21)30(34)31-24-18-26-23(17-27(24)35-2)22-15-9-10-16-25(22)36-26/h3-18H,1-2H3,(H,31,34). The zero-order valence-electron chi connectivity index (χ0n) is 19.9. The molecule has 0 aliphatic heterocycles. The fourth-order valence-electron chi connectivity index (χ4n) is 4.60. The molecule has 36 heavy (non-hydrogen) atoms. The molecule has 0 aliphatic carbocycles. The van der Waals surface area contributed by atoms with E-state index >= 15 is 0 Å². The molecule has 1 N–H and O–H groups in total. The summed E-state index contributed by atoms with van der Waals surface area (Å²) in [6.45, 7) is 1.90. The molecule has 0 fully saturated rings. The maximum absolute atomic E-state index is 13.8. The highest BCUT2D eigenvalue weighted by atomic mass is 16.5. The van der Waals surface area contributed by atoms with Crippen LogP contribution in [-0.4, -0.2) is 22.8 Å². The van der Waals surface area contributed by atoms with Crippen LogP contribution in [0, 0.1) is 6.92 Å². The summed E-state index contributed by atoms with van der Waals surface area (Å²) in [4.78, 5) is 13.8. The lowest BCUT2D eigenvalue weighted by Crippen LogP contribution is -2.14. The minimum Gasteiger partial charge on any atom is -0.495 e. The first-order chi connectivity index (χ1) is 17.6. The van der Waals surface area contributed by atoms with Gasteiger partial charge >= 0.3 is 0 Å². The Labute approximate surface area is 207 Å². The summed E-state index contributed by atoms with van der Waals surface area (Å²) < 4.78 is 13.5. The number of carbonyl (C=O) groups is 1. The topological polar surface area (TPSA) is 69.3 Å². The number of rotatable bonds is 5. The van der Waals surface area contributed by atoms with E-state index in [0.29, 0.717) is 28.3 Å². The summed E-state index contributed by atoms with van der Waals surface area (Å²) in [6, 6.07) is 31.1. The van der Waals surface area contributed by atoms with Gasteiger partial charge in [-0.25, -0.2) is 4.68 Å². The van der Waals surface area contributed by atoms with Gasteiger partial charge in [-0.1, -0.05) is 66.7 Å². The van der Waals surface area contributed by atoms with Gasteiger partial charge in [0.2, 0.25) is 0 Å². The Hall–Kier alpha value is -4.84. The number of anilines is 1. The van der Waals surface area contributed by atoms with Crippen LogP contribution in [0.2, 0.25) is 0 Å². The summed E-state index contributed by atoms with van der Waals surface area (Å²) in [6.07, 6.45) is 0. The molecule has 2 aromatic heterocycles. The Balaban J connectivity index is 1.47. The van der Waals surface area contributed by atoms with Crippen molar-refractivity contribution in [2.24, 2.45) is 0 Å². The molecule has 0 atom stereocenters. The average molecular weight is 474 g/mol. The van der Waals surface area contributed by atoms with Crippen LogP contribution in [0.25, 0.3) is 38.9 Å². The number of hydrogen-bond donors (Lipinski definition) is 1. The van der Waals surface area contributed by atoms with E-state index in [0.717, 1.165) is 33.3 Å². The van der Waals surface area contributed by atoms with Gasteiger partial charge in [0.05, 0.1) is 29.7 Å². The van der Waals surface area contributed by atoms with Gasteiger partial charge in [0.1, 0.15) is 22.6 Å². The minimum atomic E-state index is -0.276. The largest absolute Gasteiger partial charge is 0.495 e. The molecule has 4 aromatic carbocycles. The Morgan fingerprint density at radius 1 is 0.861 bits per heavy atom. The monoisotopic (exact) mass is 473 g/mol. The number of aromatic nitrogens is 2. The van der Waals surface area contributed by atoms with Gasteiger partial charge in [0.25, 0.3) is 5.91 Å². The maximum atomic E-state index is 13.8. The Morgan fingerprint density at radius 2 is 1.56 bits per heavy atom. The van der Waals surface area contributed by atoms with Crippen molar-refractivity contribution in [1.82, 2.24) is 9.78 Å². The van der Waals surface area contributed by atoms with Gasteiger partial charge in [0.15, 0.2) is 0 Å². The number of nitrogens with one attached hydrogen (secondary N) is 1. The van der Waals surface area contributed by atoms with Gasteiger partial charge in [0, 0.05) is 22.4 Å². The predicted octanol–water partition coefficient (Wildman–Crippen LogP) is 7.01. The molecule has 0 bridgehead atoms. The smallest absolute Gasteiger partial charge is 0.259 e. The number of amides is 1. The van der Waals surface area contributed by atoms with Crippen LogP contribution in [-0.2, 0) is 0 Å². The van der Waals surface area contributed by atoms with Crippen molar-refractivity contribution >= 4 is 33.5 Å². The third-order valence-corrected chi connectivity index (χ3v) is 6.34. The summed E-state index contributed by atoms with van der Waals surface area (Å²) in [5, 5.41) is 9.82. The van der Waals surface area contributed by atoms with Crippen LogP contribution < -0.4 is 10.1 Å². The van der Waals surface area contributed by atoms with E-state index in [1.165, 1.54) is 0 Å². The first-order valence-electron chi connectivity index (χ1n) is 11.6. The molecule has 6 rings (SSSR count). The zero-order chi connectivity index (χ0) is 24.6. The third-order valence-electron chi connectivity index (χ3n) is 6.34. The van der Waals surface area contributed by atoms with Gasteiger partial charge in [-0.3, -0.25) is 4.79 Å². The minimum absolute atomic E-state index is 0.276. The number of ether oxygens (including phenoxy) is 1. The summed E-state index contributed by atoms with van der Waals surface area (Å²) >= 11 is 0. The molecule has 176 valence electrons. The van der Waals surface area contributed by atoms with Crippen LogP contribution in [0.3, 0.4) is 0 Å². The van der Waals surface area contributed by atoms with Crippen molar-refractivity contribution in [2.45, 2.75) is 6.92 Å². The van der Waals surface area contributed by atoms with Gasteiger partial charge in [-0.15, -0.1) is 0 Å². The number of nitrogens with zero attached hydrogens (tertiary/aromatic N) is 2. The van der Waals surface area contributed by atoms with E-state index in [1.54, 1.807) is 11.8 Å². The van der Waals surface area contributed by atoms with E-state index in [-0.39, 0.29) is 5.91 Å². The molecule has 0 saturated carbocycles. The van der Waals surface area contributed by atoms with Gasteiger partial charge < -0.3 is 14.5 Å². The molecular weight excluding hydrogens is 450 g/mol. The Bertz CT molecular complexity index is 1720. The van der Waals surface area contributed by atoms with Crippen molar-refractivity contribution in [3.63, 3.8) is 0 Å². The molecule has 0 unspecified atom stereocenters. The van der Waals surface area contributed by atoms with Crippen molar-refractivity contribution in [2.75, 3.05) is 12.4 Å². The van der Waals surface area contributed by atoms with Crippen LogP contribution >= 0.6 is 0 Å². The molecular formula is C30H23N3O3. The van der Waals surface area contributed by atoms with Crippen LogP contribution in [0.15, 0.2) is 101 Å². The normalized spacial score (nSPS) is 11.2. The number of methoxy groups -OCH3 is 1. The van der Waals surface area contributed by atoms with Crippen molar-refractivity contribution in [3.8, 4) is 22.7 Å². The Morgan fingerprint density at radius 3 is 2.31 bits per heavy atom.